The minimum atomic E-state index is -0.755. The standard InChI is InChI=1S/C23H20F4N2O3/c24-14-1-3-17(18(26)11-14)21-13-28-22(32-21)5-6-23(30)29-9-7-16(8-10-29)31-20-4-2-15(25)12-19(20)27/h1-4,11-13,16H,5-10H2. The van der Waals surface area contributed by atoms with Gasteiger partial charge in [0.05, 0.1) is 11.8 Å². The Morgan fingerprint density at radius 3 is 2.41 bits per heavy atom. The van der Waals surface area contributed by atoms with Crippen molar-refractivity contribution in [2.24, 2.45) is 0 Å². The molecule has 0 N–H and O–H groups in total. The summed E-state index contributed by atoms with van der Waals surface area (Å²) < 4.78 is 64.8. The topological polar surface area (TPSA) is 55.6 Å². The van der Waals surface area contributed by atoms with Crippen molar-refractivity contribution in [3.63, 3.8) is 0 Å². The van der Waals surface area contributed by atoms with Crippen LogP contribution in [0.2, 0.25) is 0 Å². The van der Waals surface area contributed by atoms with Crippen LogP contribution in [0.3, 0.4) is 0 Å². The Kier molecular flexibility index (Phi) is 6.43. The van der Waals surface area contributed by atoms with Gasteiger partial charge in [0.25, 0.3) is 0 Å². The molecule has 168 valence electrons. The summed E-state index contributed by atoms with van der Waals surface area (Å²) in [5.74, 6) is -2.52. The fraction of sp³-hybridized carbons (Fsp3) is 0.304. The lowest BCUT2D eigenvalue weighted by Gasteiger charge is -2.32. The molecule has 1 amide bonds. The van der Waals surface area contributed by atoms with Gasteiger partial charge in [0.1, 0.15) is 23.6 Å². The van der Waals surface area contributed by atoms with Crippen LogP contribution >= 0.6 is 0 Å². The van der Waals surface area contributed by atoms with Crippen LogP contribution < -0.4 is 4.74 Å². The van der Waals surface area contributed by atoms with Gasteiger partial charge < -0.3 is 14.1 Å². The van der Waals surface area contributed by atoms with Gasteiger partial charge in [-0.05, 0) is 24.3 Å². The van der Waals surface area contributed by atoms with Crippen molar-refractivity contribution in [3.8, 4) is 17.1 Å². The highest BCUT2D eigenvalue weighted by molar-refractivity contribution is 5.76. The van der Waals surface area contributed by atoms with Crippen molar-refractivity contribution in [1.82, 2.24) is 9.88 Å². The largest absolute Gasteiger partial charge is 0.487 e. The molecule has 3 aromatic rings. The van der Waals surface area contributed by atoms with E-state index in [2.05, 4.69) is 4.98 Å². The zero-order valence-electron chi connectivity index (χ0n) is 17.0. The second-order valence-corrected chi connectivity index (χ2v) is 7.52. The Bertz CT molecular complexity index is 1110. The van der Waals surface area contributed by atoms with E-state index in [1.165, 1.54) is 18.3 Å². The summed E-state index contributed by atoms with van der Waals surface area (Å²) in [7, 11) is 0. The van der Waals surface area contributed by atoms with Gasteiger partial charge in [0, 0.05) is 50.9 Å². The number of carbonyl (C=O) groups excluding carboxylic acids is 1. The number of piperidine rings is 1. The first-order valence-electron chi connectivity index (χ1n) is 10.2. The summed E-state index contributed by atoms with van der Waals surface area (Å²) in [6.07, 6.45) is 2.51. The predicted octanol–water partition coefficient (Wildman–Crippen LogP) is 4.90. The zero-order valence-corrected chi connectivity index (χ0v) is 17.0. The number of carbonyl (C=O) groups is 1. The molecule has 0 unspecified atom stereocenters. The third kappa shape index (κ3) is 5.09. The molecule has 1 aliphatic rings. The number of aryl methyl sites for hydroxylation is 1. The van der Waals surface area contributed by atoms with Crippen molar-refractivity contribution < 1.29 is 31.5 Å². The van der Waals surface area contributed by atoms with Crippen molar-refractivity contribution in [2.45, 2.75) is 31.8 Å². The van der Waals surface area contributed by atoms with E-state index in [0.29, 0.717) is 25.9 Å². The molecule has 5 nitrogen and oxygen atoms in total. The number of likely N-dealkylation sites (tertiary alicyclic amines) is 1. The maximum Gasteiger partial charge on any atom is 0.223 e. The van der Waals surface area contributed by atoms with Crippen LogP contribution in [0.1, 0.15) is 25.2 Å². The fourth-order valence-electron chi connectivity index (χ4n) is 3.59. The van der Waals surface area contributed by atoms with Gasteiger partial charge in [-0.3, -0.25) is 4.79 Å². The summed E-state index contributed by atoms with van der Waals surface area (Å²) >= 11 is 0. The van der Waals surface area contributed by atoms with Crippen LogP contribution in [0.4, 0.5) is 17.6 Å². The molecule has 0 saturated carbocycles. The van der Waals surface area contributed by atoms with Crippen LogP contribution in [0, 0.1) is 23.3 Å². The first-order chi connectivity index (χ1) is 15.4. The monoisotopic (exact) mass is 448 g/mol. The summed E-state index contributed by atoms with van der Waals surface area (Å²) in [6, 6.07) is 6.32. The lowest BCUT2D eigenvalue weighted by molar-refractivity contribution is -0.133. The molecule has 9 heteroatoms. The molecule has 0 spiro atoms. The van der Waals surface area contributed by atoms with Crippen LogP contribution in [0.25, 0.3) is 11.3 Å². The Morgan fingerprint density at radius 2 is 1.72 bits per heavy atom. The van der Waals surface area contributed by atoms with Gasteiger partial charge in [-0.25, -0.2) is 22.5 Å². The lowest BCUT2D eigenvalue weighted by atomic mass is 10.1. The molecule has 0 atom stereocenters. The summed E-state index contributed by atoms with van der Waals surface area (Å²) in [6.45, 7) is 0.897. The molecule has 32 heavy (non-hydrogen) atoms. The third-order valence-electron chi connectivity index (χ3n) is 5.29. The van der Waals surface area contributed by atoms with Gasteiger partial charge in [0.15, 0.2) is 23.2 Å². The van der Waals surface area contributed by atoms with Gasteiger partial charge in [-0.15, -0.1) is 0 Å². The maximum absolute atomic E-state index is 13.9. The van der Waals surface area contributed by atoms with Gasteiger partial charge in [-0.2, -0.15) is 0 Å². The van der Waals surface area contributed by atoms with E-state index in [0.717, 1.165) is 24.3 Å². The average molecular weight is 448 g/mol. The minimum Gasteiger partial charge on any atom is -0.487 e. The Hall–Kier alpha value is -3.36. The number of hydrogen-bond acceptors (Lipinski definition) is 4. The SMILES string of the molecule is O=C(CCc1ncc(-c2ccc(F)cc2F)o1)N1CCC(Oc2ccc(F)cc2F)CC1. The second-order valence-electron chi connectivity index (χ2n) is 7.52. The van der Waals surface area contributed by atoms with E-state index in [1.807, 2.05) is 0 Å². The molecular weight excluding hydrogens is 428 g/mol. The number of benzene rings is 2. The number of aromatic nitrogens is 1. The number of rotatable bonds is 6. The molecule has 1 fully saturated rings. The first-order valence-corrected chi connectivity index (χ1v) is 10.2. The lowest BCUT2D eigenvalue weighted by Crippen LogP contribution is -2.41. The molecule has 2 aromatic carbocycles. The van der Waals surface area contributed by atoms with Crippen molar-refractivity contribution in [3.05, 3.63) is 71.8 Å². The number of nitrogens with zero attached hydrogens (tertiary/aromatic N) is 2. The zero-order chi connectivity index (χ0) is 22.7. The van der Waals surface area contributed by atoms with E-state index >= 15 is 0 Å². The molecule has 1 aromatic heterocycles. The van der Waals surface area contributed by atoms with Gasteiger partial charge in [-0.1, -0.05) is 0 Å². The number of ether oxygens (including phenoxy) is 1. The van der Waals surface area contributed by atoms with Crippen molar-refractivity contribution in [1.29, 1.82) is 0 Å². The van der Waals surface area contributed by atoms with E-state index < -0.39 is 23.3 Å². The Morgan fingerprint density at radius 1 is 1.03 bits per heavy atom. The van der Waals surface area contributed by atoms with Crippen LogP contribution in [0.15, 0.2) is 47.0 Å². The highest BCUT2D eigenvalue weighted by Crippen LogP contribution is 2.25. The third-order valence-corrected chi connectivity index (χ3v) is 5.29. The minimum absolute atomic E-state index is 0.00605. The van der Waals surface area contributed by atoms with Crippen molar-refractivity contribution in [2.75, 3.05) is 13.1 Å². The van der Waals surface area contributed by atoms with Gasteiger partial charge in [0.2, 0.25) is 5.91 Å². The van der Waals surface area contributed by atoms with Crippen LogP contribution in [-0.4, -0.2) is 35.0 Å². The van der Waals surface area contributed by atoms with E-state index in [4.69, 9.17) is 9.15 Å². The van der Waals surface area contributed by atoms with Gasteiger partial charge >= 0.3 is 0 Å². The average Bonchev–Trinajstić information content (AvgIpc) is 3.23. The van der Waals surface area contributed by atoms with E-state index in [9.17, 15) is 22.4 Å². The number of oxazole rings is 1. The molecule has 0 radical (unpaired) electrons. The van der Waals surface area contributed by atoms with Crippen molar-refractivity contribution >= 4 is 5.91 Å². The second kappa shape index (κ2) is 9.42. The molecule has 1 saturated heterocycles. The predicted molar refractivity (Wildman–Crippen MR) is 107 cm³/mol. The smallest absolute Gasteiger partial charge is 0.223 e. The van der Waals surface area contributed by atoms with E-state index in [1.54, 1.807) is 4.90 Å². The van der Waals surface area contributed by atoms with Crippen LogP contribution in [-0.2, 0) is 11.2 Å². The molecular formula is C23H20F4N2O3. The number of amides is 1. The normalized spacial score (nSPS) is 14.6. The Labute approximate surface area is 181 Å². The molecule has 2 heterocycles. The highest BCUT2D eigenvalue weighted by Gasteiger charge is 2.25. The fourth-order valence-corrected chi connectivity index (χ4v) is 3.59. The summed E-state index contributed by atoms with van der Waals surface area (Å²) in [5, 5.41) is 0. The summed E-state index contributed by atoms with van der Waals surface area (Å²) in [4.78, 5) is 18.3. The highest BCUT2D eigenvalue weighted by atomic mass is 19.1. The number of halogens is 4. The molecule has 4 rings (SSSR count). The molecule has 0 bridgehead atoms. The Balaban J connectivity index is 1.26. The summed E-state index contributed by atoms with van der Waals surface area (Å²) in [5.41, 5.74) is 0.0936. The first kappa shape index (κ1) is 21.9. The van der Waals surface area contributed by atoms with Crippen LogP contribution in [0.5, 0.6) is 5.75 Å². The maximum atomic E-state index is 13.9. The molecule has 1 aliphatic heterocycles. The van der Waals surface area contributed by atoms with E-state index in [-0.39, 0.29) is 47.8 Å². The molecule has 0 aliphatic carbocycles. The number of hydrogen-bond donors (Lipinski definition) is 0. The quantitative estimate of drug-likeness (QED) is 0.504.